The van der Waals surface area contributed by atoms with E-state index in [1.54, 1.807) is 7.11 Å². The molecule has 0 aliphatic carbocycles. The first-order valence-corrected chi connectivity index (χ1v) is 7.00. The zero-order valence-corrected chi connectivity index (χ0v) is 13.5. The van der Waals surface area contributed by atoms with Gasteiger partial charge in [-0.05, 0) is 31.0 Å². The van der Waals surface area contributed by atoms with Gasteiger partial charge in [-0.3, -0.25) is 4.79 Å². The number of hydrogen-bond acceptors (Lipinski definition) is 3. The summed E-state index contributed by atoms with van der Waals surface area (Å²) in [5.74, 6) is 1.41. The third-order valence-corrected chi connectivity index (χ3v) is 3.37. The van der Waals surface area contributed by atoms with Crippen molar-refractivity contribution >= 4 is 0 Å². The summed E-state index contributed by atoms with van der Waals surface area (Å²) in [7, 11) is 1.63. The predicted octanol–water partition coefficient (Wildman–Crippen LogP) is 3.36. The van der Waals surface area contributed by atoms with Gasteiger partial charge in [0.2, 0.25) is 0 Å². The molecule has 1 aromatic carbocycles. The minimum atomic E-state index is -0.221. The molecule has 0 saturated heterocycles. The lowest BCUT2D eigenvalue weighted by atomic mass is 9.95. The number of methoxy groups -OCH3 is 1. The third-order valence-electron chi connectivity index (χ3n) is 3.37. The minimum Gasteiger partial charge on any atom is -0.496 e. The number of benzene rings is 1. The van der Waals surface area contributed by atoms with Gasteiger partial charge in [-0.2, -0.15) is 0 Å². The van der Waals surface area contributed by atoms with Crippen molar-refractivity contribution in [2.24, 2.45) is 0 Å². The average Bonchev–Trinajstić information content (AvgIpc) is 2.35. The van der Waals surface area contributed by atoms with Gasteiger partial charge >= 0.3 is 0 Å². The molecule has 4 nitrogen and oxygen atoms in total. The Morgan fingerprint density at radius 1 is 1.14 bits per heavy atom. The Morgan fingerprint density at radius 2 is 1.81 bits per heavy atom. The number of rotatable bonds is 2. The highest BCUT2D eigenvalue weighted by atomic mass is 16.5. The lowest BCUT2D eigenvalue weighted by molar-refractivity contribution is 0.415. The van der Waals surface area contributed by atoms with Crippen molar-refractivity contribution in [1.29, 1.82) is 0 Å². The fourth-order valence-electron chi connectivity index (χ4n) is 2.36. The second-order valence-electron chi connectivity index (χ2n) is 6.39. The smallest absolute Gasteiger partial charge is 0.251 e. The Labute approximate surface area is 125 Å². The predicted molar refractivity (Wildman–Crippen MR) is 85.0 cm³/mol. The first-order chi connectivity index (χ1) is 9.72. The van der Waals surface area contributed by atoms with E-state index < -0.39 is 0 Å². The fraction of sp³-hybridized carbons (Fsp3) is 0.412. The van der Waals surface area contributed by atoms with Crippen LogP contribution in [0.25, 0.3) is 11.3 Å². The van der Waals surface area contributed by atoms with Crippen molar-refractivity contribution in [2.45, 2.75) is 40.0 Å². The van der Waals surface area contributed by atoms with Crippen LogP contribution < -0.4 is 10.3 Å². The maximum absolute atomic E-state index is 12.0. The summed E-state index contributed by atoms with van der Waals surface area (Å²) in [5, 5.41) is 0. The van der Waals surface area contributed by atoms with Gasteiger partial charge in [0.15, 0.2) is 0 Å². The number of nitrogens with one attached hydrogen (secondary N) is 1. The maximum Gasteiger partial charge on any atom is 0.251 e. The van der Waals surface area contributed by atoms with E-state index in [4.69, 9.17) is 4.74 Å². The molecule has 1 N–H and O–H groups in total. The zero-order valence-electron chi connectivity index (χ0n) is 13.5. The summed E-state index contributed by atoms with van der Waals surface area (Å²) in [5.41, 5.74) is 3.32. The van der Waals surface area contributed by atoms with Gasteiger partial charge in [-0.1, -0.05) is 26.8 Å². The molecule has 1 aromatic heterocycles. The second-order valence-corrected chi connectivity index (χ2v) is 6.39. The number of ether oxygens (including phenoxy) is 1. The summed E-state index contributed by atoms with van der Waals surface area (Å²) >= 11 is 0. The monoisotopic (exact) mass is 286 g/mol. The first kappa shape index (κ1) is 15.3. The minimum absolute atomic E-state index is 0.146. The van der Waals surface area contributed by atoms with Crippen LogP contribution in [0.5, 0.6) is 5.75 Å². The molecule has 0 aliphatic rings. The molecule has 0 aliphatic heterocycles. The Bertz CT molecular complexity index is 725. The van der Waals surface area contributed by atoms with E-state index >= 15 is 0 Å². The largest absolute Gasteiger partial charge is 0.496 e. The topological polar surface area (TPSA) is 55.0 Å². The summed E-state index contributed by atoms with van der Waals surface area (Å²) in [6, 6.07) is 5.55. The fourth-order valence-corrected chi connectivity index (χ4v) is 2.36. The number of nitrogens with zero attached hydrogens (tertiary/aromatic N) is 1. The van der Waals surface area contributed by atoms with Crippen LogP contribution in [0, 0.1) is 13.8 Å². The molecule has 0 atom stereocenters. The normalized spacial score (nSPS) is 11.5. The molecule has 2 rings (SSSR count). The molecule has 4 heteroatoms. The maximum atomic E-state index is 12.0. The van der Waals surface area contributed by atoms with Gasteiger partial charge in [-0.25, -0.2) is 4.98 Å². The Balaban J connectivity index is 2.74. The second kappa shape index (κ2) is 5.35. The van der Waals surface area contributed by atoms with Crippen molar-refractivity contribution in [1.82, 2.24) is 9.97 Å². The quantitative estimate of drug-likeness (QED) is 0.921. The van der Waals surface area contributed by atoms with Crippen LogP contribution in [-0.4, -0.2) is 17.1 Å². The molecular weight excluding hydrogens is 264 g/mol. The Hall–Kier alpha value is -2.10. The van der Waals surface area contributed by atoms with E-state index in [9.17, 15) is 4.79 Å². The van der Waals surface area contributed by atoms with E-state index in [1.165, 1.54) is 6.07 Å². The zero-order chi connectivity index (χ0) is 15.8. The van der Waals surface area contributed by atoms with E-state index in [0.29, 0.717) is 11.5 Å². The molecule has 21 heavy (non-hydrogen) atoms. The number of hydrogen-bond donors (Lipinski definition) is 1. The van der Waals surface area contributed by atoms with Crippen molar-refractivity contribution in [3.8, 4) is 17.0 Å². The third kappa shape index (κ3) is 3.15. The van der Waals surface area contributed by atoms with Crippen LogP contribution in [-0.2, 0) is 5.41 Å². The van der Waals surface area contributed by atoms with E-state index in [2.05, 4.69) is 16.0 Å². The number of aromatic amines is 1. The van der Waals surface area contributed by atoms with Crippen molar-refractivity contribution in [3.05, 3.63) is 45.5 Å². The highest BCUT2D eigenvalue weighted by Gasteiger charge is 2.20. The van der Waals surface area contributed by atoms with Gasteiger partial charge < -0.3 is 9.72 Å². The van der Waals surface area contributed by atoms with Gasteiger partial charge in [0.1, 0.15) is 11.6 Å². The van der Waals surface area contributed by atoms with E-state index in [-0.39, 0.29) is 11.0 Å². The van der Waals surface area contributed by atoms with Crippen LogP contribution in [0.15, 0.2) is 23.0 Å². The van der Waals surface area contributed by atoms with Crippen molar-refractivity contribution in [2.75, 3.05) is 7.11 Å². The van der Waals surface area contributed by atoms with Crippen molar-refractivity contribution in [3.63, 3.8) is 0 Å². The molecular formula is C17H22N2O2. The number of aromatic nitrogens is 2. The number of H-pyrrole nitrogens is 1. The van der Waals surface area contributed by atoms with Crippen LogP contribution in [0.4, 0.5) is 0 Å². The van der Waals surface area contributed by atoms with Crippen LogP contribution in [0.3, 0.4) is 0 Å². The molecule has 0 bridgehead atoms. The molecule has 0 fully saturated rings. The van der Waals surface area contributed by atoms with Crippen LogP contribution >= 0.6 is 0 Å². The van der Waals surface area contributed by atoms with Crippen LogP contribution in [0.2, 0.25) is 0 Å². The standard InChI is InChI=1S/C17H22N2O2/c1-10-7-11(2)15(13(8-10)21-6)12-9-14(20)19-16(18-12)17(3,4)5/h7-9H,1-6H3,(H,18,19,20). The lowest BCUT2D eigenvalue weighted by Crippen LogP contribution is -2.22. The van der Waals surface area contributed by atoms with Gasteiger partial charge in [0, 0.05) is 17.0 Å². The summed E-state index contributed by atoms with van der Waals surface area (Å²) in [6.07, 6.45) is 0. The number of aryl methyl sites for hydroxylation is 2. The van der Waals surface area contributed by atoms with Crippen molar-refractivity contribution < 1.29 is 4.74 Å². The molecule has 0 radical (unpaired) electrons. The first-order valence-electron chi connectivity index (χ1n) is 7.00. The highest BCUT2D eigenvalue weighted by molar-refractivity contribution is 5.71. The van der Waals surface area contributed by atoms with Gasteiger partial charge in [0.25, 0.3) is 5.56 Å². The van der Waals surface area contributed by atoms with E-state index in [1.807, 2.05) is 40.7 Å². The molecule has 0 spiro atoms. The summed E-state index contributed by atoms with van der Waals surface area (Å²) < 4.78 is 5.47. The van der Waals surface area contributed by atoms with Gasteiger partial charge in [0.05, 0.1) is 12.8 Å². The lowest BCUT2D eigenvalue weighted by Gasteiger charge is -2.19. The SMILES string of the molecule is COc1cc(C)cc(C)c1-c1cc(=O)[nH]c(C(C)(C)C)n1. The summed E-state index contributed by atoms with van der Waals surface area (Å²) in [6.45, 7) is 10.1. The molecule has 0 saturated carbocycles. The summed E-state index contributed by atoms with van der Waals surface area (Å²) in [4.78, 5) is 19.4. The molecule has 0 unspecified atom stereocenters. The molecule has 1 heterocycles. The van der Waals surface area contributed by atoms with E-state index in [0.717, 1.165) is 22.4 Å². The molecule has 2 aromatic rings. The molecule has 112 valence electrons. The Kier molecular flexibility index (Phi) is 3.90. The van der Waals surface area contributed by atoms with Gasteiger partial charge in [-0.15, -0.1) is 0 Å². The highest BCUT2D eigenvalue weighted by Crippen LogP contribution is 2.33. The molecule has 0 amide bonds. The van der Waals surface area contributed by atoms with Crippen LogP contribution in [0.1, 0.15) is 37.7 Å². The average molecular weight is 286 g/mol. The Morgan fingerprint density at radius 3 is 2.38 bits per heavy atom.